The second-order valence-electron chi connectivity index (χ2n) is 5.04. The maximum Gasteiger partial charge on any atom is 0.129 e. The van der Waals surface area contributed by atoms with Crippen LogP contribution in [0.3, 0.4) is 0 Å². The van der Waals surface area contributed by atoms with Crippen LogP contribution in [-0.4, -0.2) is 18.8 Å². The van der Waals surface area contributed by atoms with Crippen LogP contribution >= 0.6 is 0 Å². The first-order valence-electron chi connectivity index (χ1n) is 6.76. The highest BCUT2D eigenvalue weighted by atomic mass is 19.1. The summed E-state index contributed by atoms with van der Waals surface area (Å²) in [6, 6.07) is 9.66. The smallest absolute Gasteiger partial charge is 0.129 e. The van der Waals surface area contributed by atoms with Crippen molar-refractivity contribution in [3.63, 3.8) is 0 Å². The van der Waals surface area contributed by atoms with Gasteiger partial charge in [-0.25, -0.2) is 4.39 Å². The van der Waals surface area contributed by atoms with Crippen molar-refractivity contribution in [2.24, 2.45) is 5.73 Å². The molecule has 2 aromatic carbocycles. The quantitative estimate of drug-likeness (QED) is 0.911. The summed E-state index contributed by atoms with van der Waals surface area (Å²) in [4.78, 5) is 1.98. The molecule has 2 aromatic rings. The van der Waals surface area contributed by atoms with E-state index >= 15 is 0 Å². The van der Waals surface area contributed by atoms with Crippen LogP contribution in [0.1, 0.15) is 17.2 Å². The van der Waals surface area contributed by atoms with Crippen LogP contribution in [0.5, 0.6) is 11.5 Å². The number of phenols is 1. The van der Waals surface area contributed by atoms with Gasteiger partial charge in [-0.1, -0.05) is 6.07 Å². The minimum atomic E-state index is -0.274. The number of hydrogen-bond donors (Lipinski definition) is 2. The highest BCUT2D eigenvalue weighted by molar-refractivity contribution is 5.59. The van der Waals surface area contributed by atoms with Crippen molar-refractivity contribution in [3.8, 4) is 11.5 Å². The van der Waals surface area contributed by atoms with Crippen LogP contribution in [0.15, 0.2) is 36.4 Å². The topological polar surface area (TPSA) is 58.7 Å². The number of benzene rings is 2. The molecule has 110 valence electrons. The third-order valence-electron chi connectivity index (χ3n) is 3.90. The molecular formula is C16H17FN2O2. The zero-order valence-corrected chi connectivity index (χ0v) is 11.7. The molecule has 1 atom stereocenters. The number of nitrogens with zero attached hydrogens (tertiary/aromatic N) is 1. The molecule has 0 aromatic heterocycles. The van der Waals surface area contributed by atoms with E-state index in [2.05, 4.69) is 0 Å². The zero-order chi connectivity index (χ0) is 15.0. The lowest BCUT2D eigenvalue weighted by Gasteiger charge is -2.26. The number of fused-ring (bicyclic) bond motifs is 1. The Morgan fingerprint density at radius 2 is 2.19 bits per heavy atom. The largest absolute Gasteiger partial charge is 0.508 e. The lowest BCUT2D eigenvalue weighted by molar-refractivity contribution is 0.409. The molecule has 21 heavy (non-hydrogen) atoms. The molecule has 1 aliphatic rings. The Morgan fingerprint density at radius 3 is 2.86 bits per heavy atom. The number of aromatic hydroxyl groups is 1. The number of methoxy groups -OCH3 is 1. The summed E-state index contributed by atoms with van der Waals surface area (Å²) >= 11 is 0. The maximum absolute atomic E-state index is 14.2. The number of ether oxygens (including phenoxy) is 1. The number of rotatable bonds is 3. The van der Waals surface area contributed by atoms with E-state index in [1.54, 1.807) is 31.4 Å². The average Bonchev–Trinajstić information content (AvgIpc) is 2.88. The van der Waals surface area contributed by atoms with Gasteiger partial charge in [-0.15, -0.1) is 0 Å². The van der Waals surface area contributed by atoms with E-state index in [9.17, 15) is 9.50 Å². The standard InChI is InChI=1S/C16H17FN2O2/c1-21-15-6-5-13(17)16-12(15)9-19(14(16)8-18)10-3-2-4-11(20)7-10/h2-7,14,20H,8-9,18H2,1H3. The molecule has 0 amide bonds. The molecule has 1 aliphatic heterocycles. The van der Waals surface area contributed by atoms with Gasteiger partial charge in [-0.3, -0.25) is 0 Å². The monoisotopic (exact) mass is 288 g/mol. The fourth-order valence-electron chi connectivity index (χ4n) is 2.96. The van der Waals surface area contributed by atoms with Crippen LogP contribution in [0, 0.1) is 5.82 Å². The normalized spacial score (nSPS) is 16.9. The SMILES string of the molecule is COc1ccc(F)c2c1CN(c1cccc(O)c1)C2CN. The van der Waals surface area contributed by atoms with Crippen molar-refractivity contribution >= 4 is 5.69 Å². The molecule has 0 saturated carbocycles. The van der Waals surface area contributed by atoms with Crippen LogP contribution in [-0.2, 0) is 6.54 Å². The van der Waals surface area contributed by atoms with E-state index in [1.165, 1.54) is 6.07 Å². The Morgan fingerprint density at radius 1 is 1.38 bits per heavy atom. The van der Waals surface area contributed by atoms with E-state index in [0.717, 1.165) is 11.3 Å². The number of halogens is 1. The van der Waals surface area contributed by atoms with Crippen LogP contribution in [0.2, 0.25) is 0 Å². The van der Waals surface area contributed by atoms with Crippen molar-refractivity contribution in [3.05, 3.63) is 53.3 Å². The molecule has 0 radical (unpaired) electrons. The molecule has 0 aliphatic carbocycles. The molecule has 0 fully saturated rings. The second-order valence-corrected chi connectivity index (χ2v) is 5.04. The molecule has 1 heterocycles. The molecule has 0 bridgehead atoms. The van der Waals surface area contributed by atoms with Crippen LogP contribution in [0.4, 0.5) is 10.1 Å². The van der Waals surface area contributed by atoms with Gasteiger partial charge in [0.2, 0.25) is 0 Å². The van der Waals surface area contributed by atoms with E-state index in [1.807, 2.05) is 11.0 Å². The van der Waals surface area contributed by atoms with Gasteiger partial charge < -0.3 is 20.5 Å². The van der Waals surface area contributed by atoms with Gasteiger partial charge in [-0.2, -0.15) is 0 Å². The summed E-state index contributed by atoms with van der Waals surface area (Å²) in [7, 11) is 1.57. The predicted octanol–water partition coefficient (Wildman–Crippen LogP) is 2.56. The first kappa shape index (κ1) is 13.7. The molecule has 1 unspecified atom stereocenters. The van der Waals surface area contributed by atoms with Gasteiger partial charge in [0.05, 0.1) is 13.2 Å². The van der Waals surface area contributed by atoms with E-state index in [-0.39, 0.29) is 24.2 Å². The molecule has 3 rings (SSSR count). The van der Waals surface area contributed by atoms with E-state index < -0.39 is 0 Å². The van der Waals surface area contributed by atoms with Crippen molar-refractivity contribution in [2.75, 3.05) is 18.6 Å². The fraction of sp³-hybridized carbons (Fsp3) is 0.250. The Bertz CT molecular complexity index is 675. The first-order chi connectivity index (χ1) is 10.2. The van der Waals surface area contributed by atoms with Gasteiger partial charge in [0.1, 0.15) is 17.3 Å². The molecule has 3 N–H and O–H groups in total. The Kier molecular flexibility index (Phi) is 3.43. The zero-order valence-electron chi connectivity index (χ0n) is 11.7. The predicted molar refractivity (Wildman–Crippen MR) is 79.0 cm³/mol. The minimum absolute atomic E-state index is 0.173. The molecule has 4 nitrogen and oxygen atoms in total. The Labute approximate surface area is 122 Å². The fourth-order valence-corrected chi connectivity index (χ4v) is 2.96. The van der Waals surface area contributed by atoms with Gasteiger partial charge in [0, 0.05) is 36.0 Å². The molecule has 0 saturated heterocycles. The van der Waals surface area contributed by atoms with Crippen molar-refractivity contribution in [1.29, 1.82) is 0 Å². The maximum atomic E-state index is 14.2. The summed E-state index contributed by atoms with van der Waals surface area (Å²) in [6.07, 6.45) is 0. The van der Waals surface area contributed by atoms with E-state index in [4.69, 9.17) is 10.5 Å². The highest BCUT2D eigenvalue weighted by Crippen LogP contribution is 2.42. The number of phenolic OH excluding ortho intramolecular Hbond substituents is 1. The number of hydrogen-bond acceptors (Lipinski definition) is 4. The molecular weight excluding hydrogens is 271 g/mol. The lowest BCUT2D eigenvalue weighted by atomic mass is 10.0. The first-order valence-corrected chi connectivity index (χ1v) is 6.76. The average molecular weight is 288 g/mol. The molecule has 0 spiro atoms. The van der Waals surface area contributed by atoms with Gasteiger partial charge in [-0.05, 0) is 24.3 Å². The Balaban J connectivity index is 2.09. The third kappa shape index (κ3) is 2.19. The van der Waals surface area contributed by atoms with Crippen LogP contribution < -0.4 is 15.4 Å². The van der Waals surface area contributed by atoms with E-state index in [0.29, 0.717) is 17.9 Å². The van der Waals surface area contributed by atoms with Crippen molar-refractivity contribution < 1.29 is 14.2 Å². The van der Waals surface area contributed by atoms with Gasteiger partial charge in [0.15, 0.2) is 0 Å². The minimum Gasteiger partial charge on any atom is -0.508 e. The number of nitrogens with two attached hydrogens (primary N) is 1. The summed E-state index contributed by atoms with van der Waals surface area (Å²) in [5, 5.41) is 9.65. The second kappa shape index (κ2) is 5.26. The lowest BCUT2D eigenvalue weighted by Crippen LogP contribution is -2.28. The summed E-state index contributed by atoms with van der Waals surface area (Å²) in [5.74, 6) is 0.558. The van der Waals surface area contributed by atoms with Gasteiger partial charge in [0.25, 0.3) is 0 Å². The summed E-state index contributed by atoms with van der Waals surface area (Å²) in [6.45, 7) is 0.786. The van der Waals surface area contributed by atoms with Gasteiger partial charge >= 0.3 is 0 Å². The summed E-state index contributed by atoms with van der Waals surface area (Å²) in [5.41, 5.74) is 8.07. The van der Waals surface area contributed by atoms with Crippen molar-refractivity contribution in [2.45, 2.75) is 12.6 Å². The number of anilines is 1. The van der Waals surface area contributed by atoms with Crippen molar-refractivity contribution in [1.82, 2.24) is 0 Å². The Hall–Kier alpha value is -2.27. The third-order valence-corrected chi connectivity index (χ3v) is 3.90. The summed E-state index contributed by atoms with van der Waals surface area (Å²) < 4.78 is 19.6. The highest BCUT2D eigenvalue weighted by Gasteiger charge is 2.34. The van der Waals surface area contributed by atoms with Crippen LogP contribution in [0.25, 0.3) is 0 Å². The molecule has 5 heteroatoms.